The van der Waals surface area contributed by atoms with Crippen molar-refractivity contribution in [2.75, 3.05) is 11.9 Å². The van der Waals surface area contributed by atoms with E-state index in [1.165, 1.54) is 24.5 Å². The average molecular weight is 508 g/mol. The van der Waals surface area contributed by atoms with Gasteiger partial charge in [-0.3, -0.25) is 0 Å². The number of aliphatic hydroxyl groups is 1. The van der Waals surface area contributed by atoms with Crippen LogP contribution in [-0.4, -0.2) is 38.9 Å². The number of aromatic nitrogens is 2. The molecule has 2 aromatic carbocycles. The summed E-state index contributed by atoms with van der Waals surface area (Å²) >= 11 is 5.65. The first-order chi connectivity index (χ1) is 15.8. The van der Waals surface area contributed by atoms with Crippen LogP contribution in [0.25, 0.3) is 11.3 Å². The number of aliphatic carboxylic acids is 1. The Bertz CT molecular complexity index is 1110. The van der Waals surface area contributed by atoms with Gasteiger partial charge in [-0.05, 0) is 17.7 Å². The summed E-state index contributed by atoms with van der Waals surface area (Å²) in [6, 6.07) is 14.2. The molecule has 1 aromatic heterocycles. The molecule has 0 aliphatic rings. The minimum atomic E-state index is -5.08. The molecule has 34 heavy (non-hydrogen) atoms. The summed E-state index contributed by atoms with van der Waals surface area (Å²) in [6.45, 7) is 0.189. The zero-order chi connectivity index (χ0) is 25.5. The largest absolute Gasteiger partial charge is 0.490 e. The molecule has 3 aromatic rings. The van der Waals surface area contributed by atoms with Gasteiger partial charge in [0.1, 0.15) is 12.1 Å². The number of hydrogen-bond donors (Lipinski definition) is 3. The Morgan fingerprint density at radius 1 is 1.00 bits per heavy atom. The van der Waals surface area contributed by atoms with Crippen LogP contribution in [0.5, 0.6) is 0 Å². The van der Waals surface area contributed by atoms with Gasteiger partial charge in [0, 0.05) is 18.2 Å². The molecule has 0 saturated heterocycles. The second-order valence-electron chi connectivity index (χ2n) is 6.59. The SMILES string of the molecule is O=C(O)C(F)(F)F.O[C@@H](CNc1cc(-c2ccc(Cl)c(C(F)(F)F)c2)ncn1)c1ccccc1. The molecule has 13 heteroatoms. The molecule has 1 atom stereocenters. The highest BCUT2D eigenvalue weighted by molar-refractivity contribution is 6.31. The Hall–Kier alpha value is -3.38. The fourth-order valence-corrected chi connectivity index (χ4v) is 2.73. The highest BCUT2D eigenvalue weighted by atomic mass is 35.5. The van der Waals surface area contributed by atoms with E-state index in [2.05, 4.69) is 15.3 Å². The van der Waals surface area contributed by atoms with E-state index < -0.39 is 30.0 Å². The summed E-state index contributed by atoms with van der Waals surface area (Å²) in [6.07, 6.45) is -9.15. The molecule has 3 N–H and O–H groups in total. The molecule has 0 spiro atoms. The molecule has 182 valence electrons. The van der Waals surface area contributed by atoms with Gasteiger partial charge in [0.05, 0.1) is 22.4 Å². The predicted octanol–water partition coefficient (Wildman–Crippen LogP) is 5.59. The summed E-state index contributed by atoms with van der Waals surface area (Å²) in [5.74, 6) is -2.37. The number of carbonyl (C=O) groups is 1. The summed E-state index contributed by atoms with van der Waals surface area (Å²) in [7, 11) is 0. The summed E-state index contributed by atoms with van der Waals surface area (Å²) < 4.78 is 70.8. The lowest BCUT2D eigenvalue weighted by atomic mass is 10.1. The number of rotatable bonds is 5. The number of carboxylic acids is 1. The van der Waals surface area contributed by atoms with Crippen molar-refractivity contribution in [1.29, 1.82) is 0 Å². The van der Waals surface area contributed by atoms with Crippen molar-refractivity contribution in [3.05, 3.63) is 77.1 Å². The van der Waals surface area contributed by atoms with Gasteiger partial charge in [-0.1, -0.05) is 48.0 Å². The van der Waals surface area contributed by atoms with Crippen LogP contribution < -0.4 is 5.32 Å². The number of benzene rings is 2. The summed E-state index contributed by atoms with van der Waals surface area (Å²) in [5, 5.41) is 19.9. The highest BCUT2D eigenvalue weighted by Crippen LogP contribution is 2.37. The Kier molecular flexibility index (Phi) is 8.82. The molecular weight excluding hydrogens is 492 g/mol. The smallest absolute Gasteiger partial charge is 0.475 e. The zero-order valence-corrected chi connectivity index (χ0v) is 17.7. The Labute approximate surface area is 193 Å². The second-order valence-corrected chi connectivity index (χ2v) is 7.00. The Balaban J connectivity index is 0.000000509. The number of anilines is 1. The maximum atomic E-state index is 13.0. The minimum absolute atomic E-state index is 0.189. The molecule has 0 fully saturated rings. The molecule has 3 rings (SSSR count). The number of carboxylic acid groups (broad SMARTS) is 1. The molecule has 1 heterocycles. The first kappa shape index (κ1) is 26.9. The normalized spacial score (nSPS) is 12.4. The molecule has 6 nitrogen and oxygen atoms in total. The van der Waals surface area contributed by atoms with Gasteiger partial charge in [-0.2, -0.15) is 26.3 Å². The van der Waals surface area contributed by atoms with Crippen LogP contribution in [0.4, 0.5) is 32.2 Å². The van der Waals surface area contributed by atoms with Crippen molar-refractivity contribution in [2.24, 2.45) is 0 Å². The van der Waals surface area contributed by atoms with Gasteiger partial charge in [0.25, 0.3) is 0 Å². The van der Waals surface area contributed by atoms with E-state index in [4.69, 9.17) is 21.5 Å². The van der Waals surface area contributed by atoms with E-state index in [9.17, 15) is 31.4 Å². The fourth-order valence-electron chi connectivity index (χ4n) is 2.51. The molecule has 0 aliphatic heterocycles. The van der Waals surface area contributed by atoms with Gasteiger partial charge in [0.2, 0.25) is 0 Å². The van der Waals surface area contributed by atoms with Crippen molar-refractivity contribution in [2.45, 2.75) is 18.5 Å². The standard InChI is InChI=1S/C19H15ClF3N3O.C2HF3O2/c20-15-7-6-13(8-14(15)19(21,22)23)16-9-18(26-11-25-16)24-10-17(27)12-4-2-1-3-5-12;3-2(4,5)1(6)7/h1-9,11,17,27H,10H2,(H,24,25,26);(H,6,7)/t17-;/m0./s1. The Morgan fingerprint density at radius 2 is 1.62 bits per heavy atom. The van der Waals surface area contributed by atoms with E-state index in [1.807, 2.05) is 18.2 Å². The van der Waals surface area contributed by atoms with E-state index in [1.54, 1.807) is 12.1 Å². The molecule has 0 unspecified atom stereocenters. The zero-order valence-electron chi connectivity index (χ0n) is 16.9. The van der Waals surface area contributed by atoms with Crippen LogP contribution in [0.1, 0.15) is 17.2 Å². The number of hydrogen-bond acceptors (Lipinski definition) is 5. The lowest BCUT2D eigenvalue weighted by Gasteiger charge is -2.13. The van der Waals surface area contributed by atoms with Crippen molar-refractivity contribution >= 4 is 23.4 Å². The number of nitrogens with one attached hydrogen (secondary N) is 1. The van der Waals surface area contributed by atoms with Crippen LogP contribution in [0.2, 0.25) is 5.02 Å². The molecule has 0 aliphatic carbocycles. The number of halogens is 7. The number of nitrogens with zero attached hydrogens (tertiary/aromatic N) is 2. The third kappa shape index (κ3) is 7.89. The van der Waals surface area contributed by atoms with Crippen molar-refractivity contribution in [3.63, 3.8) is 0 Å². The first-order valence-corrected chi connectivity index (χ1v) is 9.63. The lowest BCUT2D eigenvalue weighted by Crippen LogP contribution is -2.21. The number of aliphatic hydroxyl groups excluding tert-OH is 1. The van der Waals surface area contributed by atoms with Crippen LogP contribution in [0, 0.1) is 0 Å². The first-order valence-electron chi connectivity index (χ1n) is 9.25. The summed E-state index contributed by atoms with van der Waals surface area (Å²) in [4.78, 5) is 17.0. The number of alkyl halides is 6. The third-order valence-electron chi connectivity index (χ3n) is 4.14. The van der Waals surface area contributed by atoms with Crippen LogP contribution in [0.15, 0.2) is 60.9 Å². The average Bonchev–Trinajstić information content (AvgIpc) is 2.77. The van der Waals surface area contributed by atoms with Crippen molar-refractivity contribution < 1.29 is 41.4 Å². The molecular formula is C21H16ClF6N3O3. The van der Waals surface area contributed by atoms with E-state index in [-0.39, 0.29) is 17.1 Å². The summed E-state index contributed by atoms with van der Waals surface area (Å²) in [5.41, 5.74) is 0.394. The van der Waals surface area contributed by atoms with Gasteiger partial charge < -0.3 is 15.5 Å². The minimum Gasteiger partial charge on any atom is -0.475 e. The quantitative estimate of drug-likeness (QED) is 0.389. The maximum absolute atomic E-state index is 13.0. The highest BCUT2D eigenvalue weighted by Gasteiger charge is 2.38. The van der Waals surface area contributed by atoms with Crippen molar-refractivity contribution in [3.8, 4) is 11.3 Å². The molecule has 0 saturated carbocycles. The topological polar surface area (TPSA) is 95.3 Å². The molecule has 0 amide bonds. The van der Waals surface area contributed by atoms with Crippen LogP contribution in [-0.2, 0) is 11.0 Å². The van der Waals surface area contributed by atoms with E-state index in [0.717, 1.165) is 11.6 Å². The molecule has 0 bridgehead atoms. The van der Waals surface area contributed by atoms with Crippen molar-refractivity contribution in [1.82, 2.24) is 9.97 Å². The fraction of sp³-hybridized carbons (Fsp3) is 0.190. The van der Waals surface area contributed by atoms with Gasteiger partial charge >= 0.3 is 18.3 Å². The maximum Gasteiger partial charge on any atom is 0.490 e. The monoisotopic (exact) mass is 507 g/mol. The van der Waals surface area contributed by atoms with E-state index in [0.29, 0.717) is 11.5 Å². The van der Waals surface area contributed by atoms with Crippen LogP contribution >= 0.6 is 11.6 Å². The van der Waals surface area contributed by atoms with Gasteiger partial charge in [0.15, 0.2) is 0 Å². The second kappa shape index (κ2) is 11.2. The third-order valence-corrected chi connectivity index (χ3v) is 4.47. The van der Waals surface area contributed by atoms with Crippen LogP contribution in [0.3, 0.4) is 0 Å². The predicted molar refractivity (Wildman–Crippen MR) is 111 cm³/mol. The Morgan fingerprint density at radius 3 is 2.18 bits per heavy atom. The van der Waals surface area contributed by atoms with E-state index >= 15 is 0 Å². The van der Waals surface area contributed by atoms with Gasteiger partial charge in [-0.15, -0.1) is 0 Å². The lowest BCUT2D eigenvalue weighted by molar-refractivity contribution is -0.192. The van der Waals surface area contributed by atoms with Gasteiger partial charge in [-0.25, -0.2) is 14.8 Å². The molecule has 0 radical (unpaired) electrons.